The minimum atomic E-state index is 0.744. The maximum atomic E-state index is 4.42. The van der Waals surface area contributed by atoms with Crippen molar-refractivity contribution in [2.24, 2.45) is 0 Å². The van der Waals surface area contributed by atoms with Crippen molar-refractivity contribution >= 4 is 39.9 Å². The van der Waals surface area contributed by atoms with Crippen LogP contribution in [0.4, 0.5) is 17.3 Å². The second-order valence-corrected chi connectivity index (χ2v) is 5.07. The number of hydrogen-bond donors (Lipinski definition) is 2. The standard InChI is InChI=1S/C13H15IN4/c1-3-16-12-7-15-8-13(18-12)17-10-5-4-9(2)11(14)6-10/h4-8H,3H2,1-2H3,(H2,16,17,18). The first-order valence-electron chi connectivity index (χ1n) is 5.78. The zero-order chi connectivity index (χ0) is 13.0. The Morgan fingerprint density at radius 3 is 2.72 bits per heavy atom. The number of aromatic nitrogens is 2. The molecule has 1 heterocycles. The van der Waals surface area contributed by atoms with E-state index in [0.29, 0.717) is 0 Å². The third-order valence-corrected chi connectivity index (χ3v) is 3.60. The summed E-state index contributed by atoms with van der Waals surface area (Å²) >= 11 is 2.32. The molecule has 0 spiro atoms. The predicted molar refractivity (Wildman–Crippen MR) is 83.4 cm³/mol. The summed E-state index contributed by atoms with van der Waals surface area (Å²) in [5.74, 6) is 1.53. The average molecular weight is 354 g/mol. The molecule has 2 rings (SSSR count). The molecule has 0 saturated heterocycles. The maximum absolute atomic E-state index is 4.42. The quantitative estimate of drug-likeness (QED) is 0.825. The molecular formula is C13H15IN4. The van der Waals surface area contributed by atoms with Crippen LogP contribution >= 0.6 is 22.6 Å². The predicted octanol–water partition coefficient (Wildman–Crippen LogP) is 3.57. The average Bonchev–Trinajstić information content (AvgIpc) is 2.35. The van der Waals surface area contributed by atoms with Crippen molar-refractivity contribution in [1.29, 1.82) is 0 Å². The van der Waals surface area contributed by atoms with Crippen molar-refractivity contribution in [1.82, 2.24) is 9.97 Å². The largest absolute Gasteiger partial charge is 0.369 e. The van der Waals surface area contributed by atoms with E-state index in [1.807, 2.05) is 13.0 Å². The summed E-state index contributed by atoms with van der Waals surface area (Å²) < 4.78 is 1.23. The lowest BCUT2D eigenvalue weighted by Crippen LogP contribution is -2.02. The molecule has 0 aliphatic carbocycles. The number of nitrogens with zero attached hydrogens (tertiary/aromatic N) is 2. The first-order chi connectivity index (χ1) is 8.69. The topological polar surface area (TPSA) is 49.8 Å². The maximum Gasteiger partial charge on any atom is 0.151 e. The molecule has 2 aromatic rings. The zero-order valence-electron chi connectivity index (χ0n) is 10.4. The number of rotatable bonds is 4. The fourth-order valence-corrected chi connectivity index (χ4v) is 2.03. The number of halogens is 1. The first kappa shape index (κ1) is 13.1. The number of anilines is 3. The molecule has 0 fully saturated rings. The molecular weight excluding hydrogens is 339 g/mol. The molecule has 1 aromatic heterocycles. The van der Waals surface area contributed by atoms with Gasteiger partial charge in [0, 0.05) is 15.8 Å². The van der Waals surface area contributed by atoms with Gasteiger partial charge in [0.05, 0.1) is 12.4 Å². The van der Waals surface area contributed by atoms with Crippen LogP contribution in [-0.4, -0.2) is 16.5 Å². The second kappa shape index (κ2) is 5.99. The van der Waals surface area contributed by atoms with E-state index in [0.717, 1.165) is 23.9 Å². The van der Waals surface area contributed by atoms with E-state index in [-0.39, 0.29) is 0 Å². The fourth-order valence-electron chi connectivity index (χ4n) is 1.51. The van der Waals surface area contributed by atoms with Crippen molar-refractivity contribution < 1.29 is 0 Å². The highest BCUT2D eigenvalue weighted by Gasteiger charge is 2.01. The van der Waals surface area contributed by atoms with E-state index in [2.05, 4.69) is 62.2 Å². The molecule has 0 amide bonds. The van der Waals surface area contributed by atoms with Crippen LogP contribution in [0.3, 0.4) is 0 Å². The highest BCUT2D eigenvalue weighted by Crippen LogP contribution is 2.20. The molecule has 5 heteroatoms. The summed E-state index contributed by atoms with van der Waals surface area (Å²) in [7, 11) is 0. The summed E-state index contributed by atoms with van der Waals surface area (Å²) in [5.41, 5.74) is 2.29. The lowest BCUT2D eigenvalue weighted by molar-refractivity contribution is 1.12. The molecule has 4 nitrogen and oxygen atoms in total. The van der Waals surface area contributed by atoms with Gasteiger partial charge >= 0.3 is 0 Å². The summed E-state index contributed by atoms with van der Waals surface area (Å²) in [6.45, 7) is 4.96. The van der Waals surface area contributed by atoms with E-state index in [1.54, 1.807) is 12.4 Å². The molecule has 18 heavy (non-hydrogen) atoms. The summed E-state index contributed by atoms with van der Waals surface area (Å²) in [4.78, 5) is 8.57. The third-order valence-electron chi connectivity index (χ3n) is 2.44. The van der Waals surface area contributed by atoms with Crippen LogP contribution in [0.1, 0.15) is 12.5 Å². The van der Waals surface area contributed by atoms with E-state index < -0.39 is 0 Å². The summed E-state index contributed by atoms with van der Waals surface area (Å²) in [6, 6.07) is 6.22. The van der Waals surface area contributed by atoms with Gasteiger partial charge in [-0.3, -0.25) is 4.98 Å². The molecule has 0 saturated carbocycles. The van der Waals surface area contributed by atoms with Crippen LogP contribution in [0.15, 0.2) is 30.6 Å². The first-order valence-corrected chi connectivity index (χ1v) is 6.86. The fraction of sp³-hybridized carbons (Fsp3) is 0.231. The van der Waals surface area contributed by atoms with E-state index in [1.165, 1.54) is 9.13 Å². The van der Waals surface area contributed by atoms with Crippen LogP contribution in [0, 0.1) is 10.5 Å². The van der Waals surface area contributed by atoms with Gasteiger partial charge in [-0.1, -0.05) is 6.07 Å². The Hall–Kier alpha value is -1.37. The van der Waals surface area contributed by atoms with Crippen molar-refractivity contribution in [2.45, 2.75) is 13.8 Å². The minimum Gasteiger partial charge on any atom is -0.369 e. The molecule has 0 atom stereocenters. The van der Waals surface area contributed by atoms with Crippen molar-refractivity contribution in [3.63, 3.8) is 0 Å². The SMILES string of the molecule is CCNc1cncc(Nc2ccc(C)c(I)c2)n1. The van der Waals surface area contributed by atoms with Crippen LogP contribution in [0.2, 0.25) is 0 Å². The third kappa shape index (κ3) is 3.32. The van der Waals surface area contributed by atoms with Crippen LogP contribution < -0.4 is 10.6 Å². The molecule has 1 aromatic carbocycles. The Balaban J connectivity index is 2.17. The van der Waals surface area contributed by atoms with Gasteiger partial charge in [-0.15, -0.1) is 0 Å². The van der Waals surface area contributed by atoms with Gasteiger partial charge in [-0.2, -0.15) is 0 Å². The van der Waals surface area contributed by atoms with Crippen molar-refractivity contribution in [3.05, 3.63) is 39.7 Å². The number of nitrogens with one attached hydrogen (secondary N) is 2. The Labute approximate surface area is 120 Å². The lowest BCUT2D eigenvalue weighted by atomic mass is 10.2. The monoisotopic (exact) mass is 354 g/mol. The van der Waals surface area contributed by atoms with Crippen molar-refractivity contribution in [3.8, 4) is 0 Å². The Morgan fingerprint density at radius 1 is 1.22 bits per heavy atom. The highest BCUT2D eigenvalue weighted by atomic mass is 127. The van der Waals surface area contributed by atoms with Gasteiger partial charge < -0.3 is 10.6 Å². The number of benzene rings is 1. The zero-order valence-corrected chi connectivity index (χ0v) is 12.5. The van der Waals surface area contributed by atoms with Crippen LogP contribution in [-0.2, 0) is 0 Å². The highest BCUT2D eigenvalue weighted by molar-refractivity contribution is 14.1. The molecule has 2 N–H and O–H groups in total. The molecule has 0 bridgehead atoms. The van der Waals surface area contributed by atoms with E-state index in [9.17, 15) is 0 Å². The van der Waals surface area contributed by atoms with Gasteiger partial charge in [0.25, 0.3) is 0 Å². The molecule has 0 radical (unpaired) electrons. The lowest BCUT2D eigenvalue weighted by Gasteiger charge is -2.08. The Bertz CT molecular complexity index is 542. The summed E-state index contributed by atoms with van der Waals surface area (Å²) in [6.07, 6.45) is 3.43. The van der Waals surface area contributed by atoms with Gasteiger partial charge in [0.1, 0.15) is 5.82 Å². The number of aryl methyl sites for hydroxylation is 1. The van der Waals surface area contributed by atoms with E-state index >= 15 is 0 Å². The van der Waals surface area contributed by atoms with Gasteiger partial charge in [-0.25, -0.2) is 4.98 Å². The second-order valence-electron chi connectivity index (χ2n) is 3.91. The van der Waals surface area contributed by atoms with Gasteiger partial charge in [0.15, 0.2) is 5.82 Å². The Kier molecular flexibility index (Phi) is 4.35. The normalized spacial score (nSPS) is 10.2. The number of hydrogen-bond acceptors (Lipinski definition) is 4. The van der Waals surface area contributed by atoms with Crippen molar-refractivity contribution in [2.75, 3.05) is 17.2 Å². The van der Waals surface area contributed by atoms with Gasteiger partial charge in [-0.05, 0) is 54.1 Å². The Morgan fingerprint density at radius 2 is 2.00 bits per heavy atom. The van der Waals surface area contributed by atoms with E-state index in [4.69, 9.17) is 0 Å². The van der Waals surface area contributed by atoms with Gasteiger partial charge in [0.2, 0.25) is 0 Å². The molecule has 0 aliphatic heterocycles. The smallest absolute Gasteiger partial charge is 0.151 e. The minimum absolute atomic E-state index is 0.744. The molecule has 0 aliphatic rings. The summed E-state index contributed by atoms with van der Waals surface area (Å²) in [5, 5.41) is 6.39. The van der Waals surface area contributed by atoms with Crippen LogP contribution in [0.25, 0.3) is 0 Å². The molecule has 94 valence electrons. The van der Waals surface area contributed by atoms with Crippen LogP contribution in [0.5, 0.6) is 0 Å². The molecule has 0 unspecified atom stereocenters.